The van der Waals surface area contributed by atoms with Crippen LogP contribution in [-0.2, 0) is 27.2 Å². The summed E-state index contributed by atoms with van der Waals surface area (Å²) in [7, 11) is 3.14. The summed E-state index contributed by atoms with van der Waals surface area (Å²) in [5.74, 6) is 0.825. The number of imidazole rings is 1. The fraction of sp³-hybridized carbons (Fsp3) is 0.706. The van der Waals surface area contributed by atoms with Crippen molar-refractivity contribution >= 4 is 11.2 Å². The Balaban J connectivity index is 2.13. The van der Waals surface area contributed by atoms with Gasteiger partial charge >= 0.3 is 5.69 Å². The molecule has 138 valence electrons. The number of hydrogen-bond acceptors (Lipinski definition) is 4. The molecule has 0 saturated carbocycles. The molecule has 3 heterocycles. The summed E-state index contributed by atoms with van der Waals surface area (Å²) in [5, 5.41) is 9.24. The van der Waals surface area contributed by atoms with E-state index in [-0.39, 0.29) is 17.9 Å². The van der Waals surface area contributed by atoms with Crippen LogP contribution < -0.4 is 16.1 Å². The first-order valence-corrected chi connectivity index (χ1v) is 9.06. The molecule has 0 radical (unpaired) electrons. The highest BCUT2D eigenvalue weighted by atomic mass is 16.3. The molecule has 0 aliphatic carbocycles. The van der Waals surface area contributed by atoms with Gasteiger partial charge in [0, 0.05) is 27.2 Å². The first kappa shape index (κ1) is 17.9. The highest BCUT2D eigenvalue weighted by Crippen LogP contribution is 2.12. The average Bonchev–Trinajstić information content (AvgIpc) is 2.96. The van der Waals surface area contributed by atoms with E-state index in [0.29, 0.717) is 30.2 Å². The molecule has 0 aromatic carbocycles. The standard InChI is InChI=1S/C17H27N5O3/c1-12-7-4-5-8-21(12)11-13-18-15-14(22(13)9-6-10-23)16(24)20(3)17(25)19(15)2/h12,23H,4-11H2,1-3H3/p+1/t12-/m0/s1. The smallest absolute Gasteiger partial charge is 0.332 e. The van der Waals surface area contributed by atoms with Gasteiger partial charge in [-0.1, -0.05) is 0 Å². The minimum atomic E-state index is -0.366. The van der Waals surface area contributed by atoms with Gasteiger partial charge in [0.25, 0.3) is 5.56 Å². The fourth-order valence-electron chi connectivity index (χ4n) is 3.82. The van der Waals surface area contributed by atoms with Gasteiger partial charge in [-0.2, -0.15) is 0 Å². The van der Waals surface area contributed by atoms with Gasteiger partial charge in [0.1, 0.15) is 6.54 Å². The lowest BCUT2D eigenvalue weighted by atomic mass is 10.0. The van der Waals surface area contributed by atoms with Gasteiger partial charge in [0.15, 0.2) is 17.0 Å². The van der Waals surface area contributed by atoms with E-state index in [1.54, 1.807) is 7.05 Å². The Morgan fingerprint density at radius 1 is 1.24 bits per heavy atom. The van der Waals surface area contributed by atoms with E-state index in [2.05, 4.69) is 11.9 Å². The van der Waals surface area contributed by atoms with Crippen molar-refractivity contribution in [3.05, 3.63) is 26.7 Å². The van der Waals surface area contributed by atoms with Crippen LogP contribution in [0.25, 0.3) is 11.2 Å². The van der Waals surface area contributed by atoms with Crippen LogP contribution in [0.15, 0.2) is 9.59 Å². The highest BCUT2D eigenvalue weighted by Gasteiger charge is 2.26. The molecule has 2 atom stereocenters. The lowest BCUT2D eigenvalue weighted by Crippen LogP contribution is -3.15. The summed E-state index contributed by atoms with van der Waals surface area (Å²) in [6.45, 7) is 4.67. The number of likely N-dealkylation sites (tertiary alicyclic amines) is 1. The van der Waals surface area contributed by atoms with Crippen molar-refractivity contribution in [2.24, 2.45) is 14.1 Å². The number of piperidine rings is 1. The summed E-state index contributed by atoms with van der Waals surface area (Å²) in [4.78, 5) is 31.0. The number of aliphatic hydroxyl groups is 1. The molecular weight excluding hydrogens is 322 g/mol. The van der Waals surface area contributed by atoms with Gasteiger partial charge in [0.05, 0.1) is 12.6 Å². The van der Waals surface area contributed by atoms with Crippen LogP contribution in [0.2, 0.25) is 0 Å². The molecule has 0 bridgehead atoms. The molecule has 1 fully saturated rings. The number of hydrogen-bond donors (Lipinski definition) is 2. The summed E-state index contributed by atoms with van der Waals surface area (Å²) < 4.78 is 4.46. The van der Waals surface area contributed by atoms with E-state index >= 15 is 0 Å². The molecule has 2 aromatic rings. The van der Waals surface area contributed by atoms with Crippen LogP contribution >= 0.6 is 0 Å². The highest BCUT2D eigenvalue weighted by molar-refractivity contribution is 5.71. The van der Waals surface area contributed by atoms with E-state index in [9.17, 15) is 14.7 Å². The predicted octanol–water partition coefficient (Wildman–Crippen LogP) is -1.23. The number of aliphatic hydroxyl groups excluding tert-OH is 1. The van der Waals surface area contributed by atoms with E-state index in [0.717, 1.165) is 23.5 Å². The van der Waals surface area contributed by atoms with Crippen molar-refractivity contribution in [3.8, 4) is 0 Å². The maximum absolute atomic E-state index is 12.7. The van der Waals surface area contributed by atoms with E-state index < -0.39 is 0 Å². The largest absolute Gasteiger partial charge is 0.396 e. The Morgan fingerprint density at radius 3 is 2.68 bits per heavy atom. The Hall–Kier alpha value is -1.93. The summed E-state index contributed by atoms with van der Waals surface area (Å²) >= 11 is 0. The molecule has 1 unspecified atom stereocenters. The molecule has 25 heavy (non-hydrogen) atoms. The maximum Gasteiger partial charge on any atom is 0.332 e. The van der Waals surface area contributed by atoms with Gasteiger partial charge in [-0.3, -0.25) is 13.9 Å². The molecule has 2 N–H and O–H groups in total. The number of rotatable bonds is 5. The van der Waals surface area contributed by atoms with Crippen LogP contribution in [-0.4, -0.2) is 43.0 Å². The number of fused-ring (bicyclic) bond motifs is 1. The van der Waals surface area contributed by atoms with Gasteiger partial charge in [-0.15, -0.1) is 0 Å². The molecule has 1 aliphatic rings. The molecule has 8 nitrogen and oxygen atoms in total. The minimum absolute atomic E-state index is 0.0537. The molecule has 0 spiro atoms. The number of aromatic nitrogens is 4. The second kappa shape index (κ2) is 7.13. The first-order valence-electron chi connectivity index (χ1n) is 9.06. The third kappa shape index (κ3) is 3.16. The number of nitrogens with one attached hydrogen (secondary N) is 1. The zero-order chi connectivity index (χ0) is 18.1. The quantitative estimate of drug-likeness (QED) is 0.707. The predicted molar refractivity (Wildman–Crippen MR) is 94.8 cm³/mol. The zero-order valence-corrected chi connectivity index (χ0v) is 15.3. The second-order valence-corrected chi connectivity index (χ2v) is 7.12. The van der Waals surface area contributed by atoms with E-state index in [1.165, 1.54) is 35.8 Å². The maximum atomic E-state index is 12.7. The third-order valence-corrected chi connectivity index (χ3v) is 5.43. The van der Waals surface area contributed by atoms with Crippen LogP contribution in [0, 0.1) is 0 Å². The van der Waals surface area contributed by atoms with Gasteiger partial charge in [0.2, 0.25) is 0 Å². The van der Waals surface area contributed by atoms with Gasteiger partial charge < -0.3 is 14.6 Å². The first-order chi connectivity index (χ1) is 12.0. The number of aryl methyl sites for hydroxylation is 2. The van der Waals surface area contributed by atoms with Gasteiger partial charge in [-0.05, 0) is 32.6 Å². The molecular formula is C17H28N5O3+. The Morgan fingerprint density at radius 2 is 2.00 bits per heavy atom. The summed E-state index contributed by atoms with van der Waals surface area (Å²) in [5.41, 5.74) is 0.202. The second-order valence-electron chi connectivity index (χ2n) is 7.12. The molecule has 8 heteroatoms. The van der Waals surface area contributed by atoms with Crippen molar-refractivity contribution in [2.45, 2.75) is 51.7 Å². The molecule has 2 aromatic heterocycles. The Bertz CT molecular complexity index is 879. The van der Waals surface area contributed by atoms with Crippen molar-refractivity contribution in [3.63, 3.8) is 0 Å². The topological polar surface area (TPSA) is 86.5 Å². The van der Waals surface area contributed by atoms with E-state index in [4.69, 9.17) is 0 Å². The summed E-state index contributed by atoms with van der Waals surface area (Å²) in [6, 6.07) is 0.562. The monoisotopic (exact) mass is 350 g/mol. The number of quaternary nitrogens is 1. The third-order valence-electron chi connectivity index (χ3n) is 5.43. The van der Waals surface area contributed by atoms with Crippen molar-refractivity contribution in [2.75, 3.05) is 13.2 Å². The SMILES string of the molecule is C[C@H]1CCCC[NH+]1Cc1nc2c(c(=O)n(C)c(=O)n2C)n1CCCO. The summed E-state index contributed by atoms with van der Waals surface area (Å²) in [6.07, 6.45) is 4.22. The average molecular weight is 350 g/mol. The normalized spacial score (nSPS) is 21.1. The molecule has 1 saturated heterocycles. The minimum Gasteiger partial charge on any atom is -0.396 e. The lowest BCUT2D eigenvalue weighted by molar-refractivity contribution is -0.942. The number of nitrogens with zero attached hydrogens (tertiary/aromatic N) is 4. The van der Waals surface area contributed by atoms with Crippen molar-refractivity contribution in [1.82, 2.24) is 18.7 Å². The Labute approximate surface area is 146 Å². The van der Waals surface area contributed by atoms with Crippen molar-refractivity contribution < 1.29 is 10.0 Å². The van der Waals surface area contributed by atoms with Gasteiger partial charge in [-0.25, -0.2) is 9.78 Å². The molecule has 3 rings (SSSR count). The zero-order valence-electron chi connectivity index (χ0n) is 15.3. The van der Waals surface area contributed by atoms with Crippen LogP contribution in [0.5, 0.6) is 0 Å². The van der Waals surface area contributed by atoms with E-state index in [1.807, 2.05) is 4.57 Å². The molecule has 0 amide bonds. The fourth-order valence-corrected chi connectivity index (χ4v) is 3.82. The van der Waals surface area contributed by atoms with Crippen LogP contribution in [0.3, 0.4) is 0 Å². The van der Waals surface area contributed by atoms with Crippen LogP contribution in [0.4, 0.5) is 0 Å². The lowest BCUT2D eigenvalue weighted by Gasteiger charge is -2.30. The Kier molecular flexibility index (Phi) is 5.10. The van der Waals surface area contributed by atoms with Crippen molar-refractivity contribution in [1.29, 1.82) is 0 Å². The molecule has 1 aliphatic heterocycles. The van der Waals surface area contributed by atoms with Crippen LogP contribution in [0.1, 0.15) is 38.4 Å².